The molecule has 0 spiro atoms. The Bertz CT molecular complexity index is 1060. The number of carbonyl (C=O) groups is 2. The number of hydrogen-bond acceptors (Lipinski definition) is 5. The van der Waals surface area contributed by atoms with Gasteiger partial charge in [-0.2, -0.15) is 5.10 Å². The first-order valence-electron chi connectivity index (χ1n) is 9.30. The molecule has 29 heavy (non-hydrogen) atoms. The fourth-order valence-electron chi connectivity index (χ4n) is 3.23. The minimum Gasteiger partial charge on any atom is -0.365 e. The number of nitrogens with one attached hydrogen (secondary N) is 1. The zero-order valence-corrected chi connectivity index (χ0v) is 17.2. The Morgan fingerprint density at radius 3 is 2.41 bits per heavy atom. The van der Waals surface area contributed by atoms with Gasteiger partial charge in [0.1, 0.15) is 11.3 Å². The van der Waals surface area contributed by atoms with E-state index in [0.717, 1.165) is 11.4 Å². The highest BCUT2D eigenvalue weighted by molar-refractivity contribution is 6.06. The SMILES string of the molecule is Cc1nn(-c2ccccc2)c(C)c1-c1noc(NC(=O)CC(C)(C)C)c1C(N)=O. The van der Waals surface area contributed by atoms with Gasteiger partial charge in [-0.05, 0) is 31.4 Å². The summed E-state index contributed by atoms with van der Waals surface area (Å²) in [5.74, 6) is -1.07. The molecule has 2 heterocycles. The lowest BCUT2D eigenvalue weighted by atomic mass is 9.92. The summed E-state index contributed by atoms with van der Waals surface area (Å²) in [5, 5.41) is 11.2. The quantitative estimate of drug-likeness (QED) is 0.684. The lowest BCUT2D eigenvalue weighted by molar-refractivity contribution is -0.117. The van der Waals surface area contributed by atoms with Crippen molar-refractivity contribution in [2.75, 3.05) is 5.32 Å². The maximum atomic E-state index is 12.3. The van der Waals surface area contributed by atoms with E-state index < -0.39 is 5.91 Å². The molecular weight excluding hydrogens is 370 g/mol. The van der Waals surface area contributed by atoms with E-state index >= 15 is 0 Å². The molecule has 3 N–H and O–H groups in total. The minimum atomic E-state index is -0.737. The zero-order chi connectivity index (χ0) is 21.3. The molecule has 0 saturated carbocycles. The molecule has 0 aliphatic carbocycles. The van der Waals surface area contributed by atoms with Crippen LogP contribution in [0.2, 0.25) is 0 Å². The van der Waals surface area contributed by atoms with E-state index in [1.165, 1.54) is 0 Å². The van der Waals surface area contributed by atoms with Crippen molar-refractivity contribution in [3.05, 3.63) is 47.3 Å². The summed E-state index contributed by atoms with van der Waals surface area (Å²) in [5.41, 5.74) is 8.64. The van der Waals surface area contributed by atoms with Crippen LogP contribution in [-0.2, 0) is 4.79 Å². The molecule has 0 aliphatic rings. The smallest absolute Gasteiger partial charge is 0.256 e. The molecule has 2 amide bonds. The van der Waals surface area contributed by atoms with Crippen LogP contribution >= 0.6 is 0 Å². The third kappa shape index (κ3) is 4.21. The maximum Gasteiger partial charge on any atom is 0.256 e. The number of primary amides is 1. The first kappa shape index (κ1) is 20.3. The Kier molecular flexibility index (Phi) is 5.28. The summed E-state index contributed by atoms with van der Waals surface area (Å²) < 4.78 is 7.07. The van der Waals surface area contributed by atoms with Crippen LogP contribution in [0.4, 0.5) is 5.88 Å². The molecule has 1 aromatic carbocycles. The summed E-state index contributed by atoms with van der Waals surface area (Å²) in [6.45, 7) is 9.52. The molecule has 0 unspecified atom stereocenters. The van der Waals surface area contributed by atoms with Gasteiger partial charge in [-0.25, -0.2) is 4.68 Å². The van der Waals surface area contributed by atoms with Gasteiger partial charge in [-0.3, -0.25) is 14.9 Å². The van der Waals surface area contributed by atoms with Crippen molar-refractivity contribution in [1.82, 2.24) is 14.9 Å². The second kappa shape index (κ2) is 7.54. The lowest BCUT2D eigenvalue weighted by Crippen LogP contribution is -2.21. The van der Waals surface area contributed by atoms with E-state index in [2.05, 4.69) is 15.6 Å². The Balaban J connectivity index is 2.05. The van der Waals surface area contributed by atoms with Gasteiger partial charge in [-0.15, -0.1) is 0 Å². The Morgan fingerprint density at radius 2 is 1.83 bits per heavy atom. The fourth-order valence-corrected chi connectivity index (χ4v) is 3.23. The highest BCUT2D eigenvalue weighted by atomic mass is 16.5. The number of para-hydroxylation sites is 1. The van der Waals surface area contributed by atoms with Crippen molar-refractivity contribution in [3.8, 4) is 16.9 Å². The van der Waals surface area contributed by atoms with Gasteiger partial charge in [0.05, 0.1) is 17.1 Å². The van der Waals surface area contributed by atoms with Crippen LogP contribution in [0, 0.1) is 19.3 Å². The number of amides is 2. The van der Waals surface area contributed by atoms with E-state index in [9.17, 15) is 9.59 Å². The number of anilines is 1. The van der Waals surface area contributed by atoms with Crippen molar-refractivity contribution in [2.24, 2.45) is 11.1 Å². The highest BCUT2D eigenvalue weighted by Gasteiger charge is 2.28. The van der Waals surface area contributed by atoms with Gasteiger partial charge < -0.3 is 10.3 Å². The maximum absolute atomic E-state index is 12.3. The standard InChI is InChI=1S/C21H25N5O3/c1-12-16(13(2)26(24-12)14-9-7-6-8-10-14)18-17(19(22)28)20(29-25-18)23-15(27)11-21(3,4)5/h6-10H,11H2,1-5H3,(H2,22,28)(H,23,27). The predicted octanol–water partition coefficient (Wildman–Crippen LogP) is 3.62. The monoisotopic (exact) mass is 395 g/mol. The molecule has 3 aromatic rings. The number of aryl methyl sites for hydroxylation is 1. The highest BCUT2D eigenvalue weighted by Crippen LogP contribution is 2.34. The van der Waals surface area contributed by atoms with Crippen LogP contribution in [0.1, 0.15) is 48.9 Å². The minimum absolute atomic E-state index is 0.0334. The molecular formula is C21H25N5O3. The number of rotatable bonds is 5. The van der Waals surface area contributed by atoms with Gasteiger partial charge in [0.25, 0.3) is 5.91 Å². The van der Waals surface area contributed by atoms with E-state index in [0.29, 0.717) is 11.3 Å². The second-order valence-corrected chi connectivity index (χ2v) is 8.18. The number of nitrogens with two attached hydrogens (primary N) is 1. The third-order valence-electron chi connectivity index (χ3n) is 4.41. The predicted molar refractivity (Wildman–Crippen MR) is 110 cm³/mol. The summed E-state index contributed by atoms with van der Waals surface area (Å²) >= 11 is 0. The second-order valence-electron chi connectivity index (χ2n) is 8.18. The van der Waals surface area contributed by atoms with Gasteiger partial charge in [0.2, 0.25) is 11.8 Å². The Morgan fingerprint density at radius 1 is 1.17 bits per heavy atom. The van der Waals surface area contributed by atoms with Crippen LogP contribution in [-0.4, -0.2) is 26.8 Å². The molecule has 2 aromatic heterocycles. The van der Waals surface area contributed by atoms with Gasteiger partial charge >= 0.3 is 0 Å². The summed E-state index contributed by atoms with van der Waals surface area (Å²) in [4.78, 5) is 24.5. The largest absolute Gasteiger partial charge is 0.365 e. The first-order valence-corrected chi connectivity index (χ1v) is 9.30. The zero-order valence-electron chi connectivity index (χ0n) is 17.2. The summed E-state index contributed by atoms with van der Waals surface area (Å²) in [6, 6.07) is 9.61. The van der Waals surface area contributed by atoms with Crippen LogP contribution < -0.4 is 11.1 Å². The van der Waals surface area contributed by atoms with E-state index in [4.69, 9.17) is 10.3 Å². The molecule has 0 saturated heterocycles. The van der Waals surface area contributed by atoms with E-state index in [1.807, 2.05) is 65.0 Å². The molecule has 0 atom stereocenters. The average Bonchev–Trinajstić information content (AvgIpc) is 3.14. The van der Waals surface area contributed by atoms with Crippen molar-refractivity contribution < 1.29 is 14.1 Å². The van der Waals surface area contributed by atoms with Crippen LogP contribution in [0.15, 0.2) is 34.9 Å². The van der Waals surface area contributed by atoms with Crippen molar-refractivity contribution in [2.45, 2.75) is 41.0 Å². The molecule has 8 nitrogen and oxygen atoms in total. The number of benzene rings is 1. The van der Waals surface area contributed by atoms with Crippen LogP contribution in [0.25, 0.3) is 16.9 Å². The van der Waals surface area contributed by atoms with Crippen LogP contribution in [0.5, 0.6) is 0 Å². The normalized spacial score (nSPS) is 11.5. The lowest BCUT2D eigenvalue weighted by Gasteiger charge is -2.16. The molecule has 0 aliphatic heterocycles. The fraction of sp³-hybridized carbons (Fsp3) is 0.333. The molecule has 152 valence electrons. The van der Waals surface area contributed by atoms with Gasteiger partial charge in [0, 0.05) is 12.0 Å². The van der Waals surface area contributed by atoms with E-state index in [-0.39, 0.29) is 34.9 Å². The molecule has 0 fully saturated rings. The molecule has 3 rings (SSSR count). The Labute approximate surface area is 169 Å². The topological polar surface area (TPSA) is 116 Å². The number of hydrogen-bond donors (Lipinski definition) is 2. The average molecular weight is 395 g/mol. The van der Waals surface area contributed by atoms with Crippen molar-refractivity contribution in [1.29, 1.82) is 0 Å². The molecule has 0 bridgehead atoms. The summed E-state index contributed by atoms with van der Waals surface area (Å²) in [6.07, 6.45) is 0.255. The van der Waals surface area contributed by atoms with Crippen molar-refractivity contribution >= 4 is 17.7 Å². The summed E-state index contributed by atoms with van der Waals surface area (Å²) in [7, 11) is 0. The van der Waals surface area contributed by atoms with Crippen LogP contribution in [0.3, 0.4) is 0 Å². The van der Waals surface area contributed by atoms with Gasteiger partial charge in [-0.1, -0.05) is 44.1 Å². The van der Waals surface area contributed by atoms with Gasteiger partial charge in [0.15, 0.2) is 0 Å². The molecule has 0 radical (unpaired) electrons. The Hall–Kier alpha value is -3.42. The number of nitrogens with zero attached hydrogens (tertiary/aromatic N) is 3. The number of aromatic nitrogens is 3. The molecule has 8 heteroatoms. The van der Waals surface area contributed by atoms with E-state index in [1.54, 1.807) is 4.68 Å². The number of carbonyl (C=O) groups excluding carboxylic acids is 2. The first-order chi connectivity index (χ1) is 13.6. The van der Waals surface area contributed by atoms with Crippen molar-refractivity contribution in [3.63, 3.8) is 0 Å². The third-order valence-corrected chi connectivity index (χ3v) is 4.41.